The Morgan fingerprint density at radius 3 is 2.59 bits per heavy atom. The second-order valence-electron chi connectivity index (χ2n) is 6.91. The number of halogens is 1. The van der Waals surface area contributed by atoms with Crippen molar-refractivity contribution in [2.75, 3.05) is 39.3 Å². The Balaban J connectivity index is 0.00000300. The van der Waals surface area contributed by atoms with Gasteiger partial charge < -0.3 is 14.7 Å². The van der Waals surface area contributed by atoms with E-state index in [-0.39, 0.29) is 24.0 Å². The fraction of sp³-hybridized carbons (Fsp3) is 0.455. The molecule has 29 heavy (non-hydrogen) atoms. The Kier molecular flexibility index (Phi) is 10.2. The minimum atomic E-state index is 0. The number of guanidine groups is 1. The average Bonchev–Trinajstić information content (AvgIpc) is 3.21. The number of piperazine rings is 1. The van der Waals surface area contributed by atoms with E-state index in [1.54, 1.807) is 0 Å². The SMILES string of the molecule is CCNC(=NCc1cc(CC)no1)N1CCN(C/C=C/c2ccccc2)CC1.I. The summed E-state index contributed by atoms with van der Waals surface area (Å²) in [4.78, 5) is 9.55. The molecule has 1 fully saturated rings. The molecule has 2 aromatic rings. The molecule has 158 valence electrons. The minimum absolute atomic E-state index is 0. The van der Waals surface area contributed by atoms with Crippen LogP contribution in [0.3, 0.4) is 0 Å². The summed E-state index contributed by atoms with van der Waals surface area (Å²) in [5.74, 6) is 1.77. The predicted molar refractivity (Wildman–Crippen MR) is 130 cm³/mol. The highest BCUT2D eigenvalue weighted by Gasteiger charge is 2.18. The third-order valence-electron chi connectivity index (χ3n) is 4.83. The number of aromatic nitrogens is 1. The minimum Gasteiger partial charge on any atom is -0.359 e. The Bertz CT molecular complexity index is 767. The highest BCUT2D eigenvalue weighted by molar-refractivity contribution is 14.0. The van der Waals surface area contributed by atoms with Gasteiger partial charge in [0.15, 0.2) is 11.7 Å². The number of rotatable bonds is 7. The summed E-state index contributed by atoms with van der Waals surface area (Å²) in [7, 11) is 0. The van der Waals surface area contributed by atoms with E-state index >= 15 is 0 Å². The summed E-state index contributed by atoms with van der Waals surface area (Å²) in [6.07, 6.45) is 5.33. The molecule has 2 heterocycles. The number of hydrogen-bond donors (Lipinski definition) is 1. The average molecular weight is 509 g/mol. The van der Waals surface area contributed by atoms with E-state index in [4.69, 9.17) is 9.52 Å². The van der Waals surface area contributed by atoms with Gasteiger partial charge >= 0.3 is 0 Å². The quantitative estimate of drug-likeness (QED) is 0.351. The van der Waals surface area contributed by atoms with Crippen LogP contribution in [0.5, 0.6) is 0 Å². The van der Waals surface area contributed by atoms with Gasteiger partial charge in [0.05, 0.1) is 5.69 Å². The van der Waals surface area contributed by atoms with Crippen LogP contribution in [0.1, 0.15) is 30.9 Å². The van der Waals surface area contributed by atoms with Crippen LogP contribution in [0, 0.1) is 0 Å². The summed E-state index contributed by atoms with van der Waals surface area (Å²) in [5, 5.41) is 7.44. The molecular formula is C22H32IN5O. The number of hydrogen-bond acceptors (Lipinski definition) is 4. The second-order valence-corrected chi connectivity index (χ2v) is 6.91. The van der Waals surface area contributed by atoms with Crippen LogP contribution in [0.2, 0.25) is 0 Å². The molecule has 3 rings (SSSR count). The van der Waals surface area contributed by atoms with Crippen LogP contribution < -0.4 is 5.32 Å². The monoisotopic (exact) mass is 509 g/mol. The molecule has 1 N–H and O–H groups in total. The molecule has 1 aromatic carbocycles. The van der Waals surface area contributed by atoms with Crippen molar-refractivity contribution >= 4 is 36.0 Å². The van der Waals surface area contributed by atoms with E-state index in [2.05, 4.69) is 70.5 Å². The normalized spacial score (nSPS) is 15.5. The summed E-state index contributed by atoms with van der Waals surface area (Å²) in [6.45, 7) is 10.5. The molecule has 0 amide bonds. The maximum Gasteiger partial charge on any atom is 0.194 e. The van der Waals surface area contributed by atoms with E-state index in [0.717, 1.165) is 63.1 Å². The van der Waals surface area contributed by atoms with E-state index < -0.39 is 0 Å². The lowest BCUT2D eigenvalue weighted by Crippen LogP contribution is -2.52. The molecule has 0 spiro atoms. The highest BCUT2D eigenvalue weighted by Crippen LogP contribution is 2.08. The van der Waals surface area contributed by atoms with Crippen LogP contribution in [-0.2, 0) is 13.0 Å². The molecule has 1 aliphatic rings. The van der Waals surface area contributed by atoms with Gasteiger partial charge in [-0.2, -0.15) is 0 Å². The van der Waals surface area contributed by atoms with Crippen molar-refractivity contribution < 1.29 is 4.52 Å². The van der Waals surface area contributed by atoms with Crippen molar-refractivity contribution in [2.45, 2.75) is 26.8 Å². The van der Waals surface area contributed by atoms with Crippen LogP contribution in [-0.4, -0.2) is 60.2 Å². The van der Waals surface area contributed by atoms with Gasteiger partial charge in [0, 0.05) is 45.3 Å². The van der Waals surface area contributed by atoms with Gasteiger partial charge in [-0.1, -0.05) is 54.6 Å². The zero-order chi connectivity index (χ0) is 19.6. The van der Waals surface area contributed by atoms with Gasteiger partial charge in [0.2, 0.25) is 0 Å². The van der Waals surface area contributed by atoms with Gasteiger partial charge in [0.25, 0.3) is 0 Å². The molecule has 0 radical (unpaired) electrons. The van der Waals surface area contributed by atoms with Crippen molar-refractivity contribution in [1.82, 2.24) is 20.3 Å². The van der Waals surface area contributed by atoms with Gasteiger partial charge in [-0.05, 0) is 18.9 Å². The Hall–Kier alpha value is -1.87. The van der Waals surface area contributed by atoms with E-state index in [1.165, 1.54) is 5.56 Å². The van der Waals surface area contributed by atoms with Crippen molar-refractivity contribution in [3.63, 3.8) is 0 Å². The van der Waals surface area contributed by atoms with Gasteiger partial charge in [-0.3, -0.25) is 4.90 Å². The zero-order valence-electron chi connectivity index (χ0n) is 17.4. The highest BCUT2D eigenvalue weighted by atomic mass is 127. The molecule has 6 nitrogen and oxygen atoms in total. The number of nitrogens with one attached hydrogen (secondary N) is 1. The van der Waals surface area contributed by atoms with E-state index in [9.17, 15) is 0 Å². The van der Waals surface area contributed by atoms with Crippen molar-refractivity contribution in [3.05, 3.63) is 59.5 Å². The lowest BCUT2D eigenvalue weighted by Gasteiger charge is -2.36. The standard InChI is InChI=1S/C22H31N5O.HI/c1-3-20-17-21(28-25-20)18-24-22(23-4-2)27-15-13-26(14-16-27)12-8-11-19-9-6-5-7-10-19;/h5-11,17H,3-4,12-16,18H2,1-2H3,(H,23,24);1H/b11-8+;. The maximum atomic E-state index is 5.35. The zero-order valence-corrected chi connectivity index (χ0v) is 19.7. The lowest BCUT2D eigenvalue weighted by atomic mass is 10.2. The predicted octanol–water partition coefficient (Wildman–Crippen LogP) is 3.65. The maximum absolute atomic E-state index is 5.35. The molecule has 0 saturated carbocycles. The van der Waals surface area contributed by atoms with Crippen LogP contribution in [0.4, 0.5) is 0 Å². The van der Waals surface area contributed by atoms with Crippen molar-refractivity contribution in [1.29, 1.82) is 0 Å². The lowest BCUT2D eigenvalue weighted by molar-refractivity contribution is 0.194. The third-order valence-corrected chi connectivity index (χ3v) is 4.83. The molecule has 1 aromatic heterocycles. The molecule has 0 unspecified atom stereocenters. The molecular weight excluding hydrogens is 477 g/mol. The van der Waals surface area contributed by atoms with Gasteiger partial charge in [0.1, 0.15) is 6.54 Å². The van der Waals surface area contributed by atoms with Crippen LogP contribution in [0.15, 0.2) is 52.0 Å². The second kappa shape index (κ2) is 12.6. The molecule has 0 bridgehead atoms. The first-order valence-electron chi connectivity index (χ1n) is 10.2. The molecule has 7 heteroatoms. The largest absolute Gasteiger partial charge is 0.359 e. The first-order valence-corrected chi connectivity index (χ1v) is 10.2. The number of benzene rings is 1. The Morgan fingerprint density at radius 1 is 1.17 bits per heavy atom. The van der Waals surface area contributed by atoms with E-state index in [0.29, 0.717) is 6.54 Å². The Labute approximate surface area is 191 Å². The molecule has 1 saturated heterocycles. The summed E-state index contributed by atoms with van der Waals surface area (Å²) < 4.78 is 5.35. The first-order chi connectivity index (χ1) is 13.8. The smallest absolute Gasteiger partial charge is 0.194 e. The topological polar surface area (TPSA) is 56.9 Å². The third kappa shape index (κ3) is 7.47. The van der Waals surface area contributed by atoms with Gasteiger partial charge in [-0.25, -0.2) is 4.99 Å². The fourth-order valence-electron chi connectivity index (χ4n) is 3.22. The summed E-state index contributed by atoms with van der Waals surface area (Å²) in [6, 6.07) is 12.4. The number of aliphatic imine (C=N–C) groups is 1. The molecule has 1 aliphatic heterocycles. The number of aryl methyl sites for hydroxylation is 1. The van der Waals surface area contributed by atoms with E-state index in [1.807, 2.05) is 12.1 Å². The summed E-state index contributed by atoms with van der Waals surface area (Å²) >= 11 is 0. The van der Waals surface area contributed by atoms with Crippen molar-refractivity contribution in [2.24, 2.45) is 4.99 Å². The first kappa shape index (κ1) is 23.4. The molecule has 0 atom stereocenters. The fourth-order valence-corrected chi connectivity index (χ4v) is 3.22. The van der Waals surface area contributed by atoms with Crippen LogP contribution >= 0.6 is 24.0 Å². The molecule has 0 aliphatic carbocycles. The summed E-state index contributed by atoms with van der Waals surface area (Å²) in [5.41, 5.74) is 2.23. The number of nitrogens with zero attached hydrogens (tertiary/aromatic N) is 4. The van der Waals surface area contributed by atoms with Crippen molar-refractivity contribution in [3.8, 4) is 0 Å². The van der Waals surface area contributed by atoms with Gasteiger partial charge in [-0.15, -0.1) is 24.0 Å². The Morgan fingerprint density at radius 2 is 1.93 bits per heavy atom. The van der Waals surface area contributed by atoms with Crippen LogP contribution in [0.25, 0.3) is 6.08 Å².